The highest BCUT2D eigenvalue weighted by Crippen LogP contribution is 2.35. The van der Waals surface area contributed by atoms with Gasteiger partial charge in [-0.25, -0.2) is 0 Å². The number of hydrogen-bond acceptors (Lipinski definition) is 5. The molecule has 1 amide bonds. The lowest BCUT2D eigenvalue weighted by atomic mass is 9.80. The lowest BCUT2D eigenvalue weighted by Gasteiger charge is -2.35. The molecule has 1 fully saturated rings. The maximum atomic E-state index is 12.6. The minimum atomic E-state index is -0.662. The van der Waals surface area contributed by atoms with Crippen LogP contribution in [0, 0.1) is 13.8 Å². The normalized spacial score (nSPS) is 17.0. The molecule has 2 N–H and O–H groups in total. The van der Waals surface area contributed by atoms with Crippen molar-refractivity contribution in [2.75, 3.05) is 0 Å². The number of rotatable bonds is 3. The molecule has 0 aromatic carbocycles. The van der Waals surface area contributed by atoms with Gasteiger partial charge >= 0.3 is 0 Å². The van der Waals surface area contributed by atoms with Crippen LogP contribution in [0.25, 0.3) is 0 Å². The number of carbonyl (C=O) groups is 1. The summed E-state index contributed by atoms with van der Waals surface area (Å²) >= 11 is 0. The van der Waals surface area contributed by atoms with Gasteiger partial charge in [0.25, 0.3) is 11.5 Å². The van der Waals surface area contributed by atoms with Crippen LogP contribution in [0.15, 0.2) is 21.5 Å². The van der Waals surface area contributed by atoms with Gasteiger partial charge in [0.15, 0.2) is 5.82 Å². The largest absolute Gasteiger partial charge is 0.340 e. The summed E-state index contributed by atoms with van der Waals surface area (Å²) < 4.78 is 5.09. The predicted octanol–water partition coefficient (Wildman–Crippen LogP) is 1.96. The summed E-state index contributed by atoms with van der Waals surface area (Å²) in [6, 6.07) is 3.25. The van der Waals surface area contributed by atoms with E-state index >= 15 is 0 Å². The second kappa shape index (κ2) is 5.98. The number of pyridine rings is 1. The molecule has 0 unspecified atom stereocenters. The van der Waals surface area contributed by atoms with Crippen molar-refractivity contribution in [3.05, 3.63) is 45.5 Å². The van der Waals surface area contributed by atoms with E-state index in [0.717, 1.165) is 32.1 Å². The third kappa shape index (κ3) is 3.04. The van der Waals surface area contributed by atoms with Crippen molar-refractivity contribution in [3.8, 4) is 0 Å². The Bertz CT molecular complexity index is 772. The Morgan fingerprint density at radius 3 is 2.61 bits per heavy atom. The number of nitrogens with one attached hydrogen (secondary N) is 2. The minimum absolute atomic E-state index is 0.0979. The fraction of sp³-hybridized carbons (Fsp3) is 0.500. The molecule has 7 nitrogen and oxygen atoms in total. The van der Waals surface area contributed by atoms with Crippen LogP contribution in [0.4, 0.5) is 0 Å². The molecule has 2 aromatic heterocycles. The van der Waals surface area contributed by atoms with E-state index < -0.39 is 17.0 Å². The first-order valence-electron chi connectivity index (χ1n) is 7.83. The van der Waals surface area contributed by atoms with Crippen LogP contribution in [-0.4, -0.2) is 21.0 Å². The first kappa shape index (κ1) is 15.5. The van der Waals surface area contributed by atoms with Gasteiger partial charge in [0.05, 0.1) is 0 Å². The molecular formula is C16H20N4O3. The number of hydrogen-bond donors (Lipinski definition) is 2. The first-order valence-corrected chi connectivity index (χ1v) is 7.83. The average molecular weight is 316 g/mol. The molecule has 7 heteroatoms. The molecule has 0 aliphatic heterocycles. The van der Waals surface area contributed by atoms with E-state index in [1.54, 1.807) is 26.0 Å². The van der Waals surface area contributed by atoms with Crippen molar-refractivity contribution in [2.24, 2.45) is 0 Å². The number of H-pyrrole nitrogens is 1. The number of nitrogens with zero attached hydrogens (tertiary/aromatic N) is 2. The first-order chi connectivity index (χ1) is 11.0. The maximum Gasteiger partial charge on any atom is 0.260 e. The molecule has 0 radical (unpaired) electrons. The summed E-state index contributed by atoms with van der Waals surface area (Å²) in [5.74, 6) is 0.551. The maximum absolute atomic E-state index is 12.6. The molecular weight excluding hydrogens is 296 g/mol. The van der Waals surface area contributed by atoms with Gasteiger partial charge in [-0.3, -0.25) is 9.59 Å². The number of aromatic amines is 1. The summed E-state index contributed by atoms with van der Waals surface area (Å²) in [6.07, 6.45) is 4.53. The Kier molecular flexibility index (Phi) is 4.02. The van der Waals surface area contributed by atoms with E-state index in [1.165, 1.54) is 0 Å². The standard InChI is InChI=1S/C16H20N4O3/c1-10-6-7-12(13(21)17-10)14(22)19-16(8-4-3-5-9-16)15-18-11(2)23-20-15/h6-7H,3-5,8-9H2,1-2H3,(H,17,21)(H,19,22). The lowest BCUT2D eigenvalue weighted by molar-refractivity contribution is 0.0853. The second-order valence-corrected chi connectivity index (χ2v) is 6.12. The zero-order valence-electron chi connectivity index (χ0n) is 13.3. The van der Waals surface area contributed by atoms with Crippen LogP contribution in [0.2, 0.25) is 0 Å². The van der Waals surface area contributed by atoms with Gasteiger partial charge in [0.1, 0.15) is 11.1 Å². The highest BCUT2D eigenvalue weighted by molar-refractivity contribution is 5.94. The van der Waals surface area contributed by atoms with E-state index in [9.17, 15) is 9.59 Å². The summed E-state index contributed by atoms with van der Waals surface area (Å²) in [7, 11) is 0. The average Bonchev–Trinajstić information content (AvgIpc) is 2.95. The van der Waals surface area contributed by atoms with Crippen molar-refractivity contribution in [1.29, 1.82) is 0 Å². The van der Waals surface area contributed by atoms with Crippen molar-refractivity contribution in [1.82, 2.24) is 20.4 Å². The van der Waals surface area contributed by atoms with Crippen molar-refractivity contribution in [3.63, 3.8) is 0 Å². The Hall–Kier alpha value is -2.44. The van der Waals surface area contributed by atoms with Gasteiger partial charge < -0.3 is 14.8 Å². The predicted molar refractivity (Wildman–Crippen MR) is 83.1 cm³/mol. The fourth-order valence-electron chi connectivity index (χ4n) is 3.09. The third-order valence-electron chi connectivity index (χ3n) is 4.32. The third-order valence-corrected chi connectivity index (χ3v) is 4.32. The molecule has 1 saturated carbocycles. The van der Waals surface area contributed by atoms with Crippen molar-refractivity contribution < 1.29 is 9.32 Å². The van der Waals surface area contributed by atoms with Crippen molar-refractivity contribution in [2.45, 2.75) is 51.5 Å². The topological polar surface area (TPSA) is 101 Å². The van der Waals surface area contributed by atoms with Crippen LogP contribution < -0.4 is 10.9 Å². The minimum Gasteiger partial charge on any atom is -0.340 e. The van der Waals surface area contributed by atoms with Crippen molar-refractivity contribution >= 4 is 5.91 Å². The molecule has 3 rings (SSSR count). The number of aromatic nitrogens is 3. The quantitative estimate of drug-likeness (QED) is 0.901. The number of aryl methyl sites for hydroxylation is 2. The molecule has 122 valence electrons. The van der Waals surface area contributed by atoms with Gasteiger partial charge in [-0.2, -0.15) is 4.98 Å². The SMILES string of the molecule is Cc1ccc(C(=O)NC2(c3noc(C)n3)CCCCC2)c(=O)[nH]1. The molecule has 0 bridgehead atoms. The highest BCUT2D eigenvalue weighted by Gasteiger charge is 2.40. The summed E-state index contributed by atoms with van der Waals surface area (Å²) in [5, 5.41) is 7.00. The van der Waals surface area contributed by atoms with Crippen LogP contribution in [0.1, 0.15) is 59.9 Å². The van der Waals surface area contributed by atoms with E-state index in [0.29, 0.717) is 17.4 Å². The fourth-order valence-corrected chi connectivity index (χ4v) is 3.09. The zero-order chi connectivity index (χ0) is 16.4. The summed E-state index contributed by atoms with van der Waals surface area (Å²) in [6.45, 7) is 3.49. The van der Waals surface area contributed by atoms with E-state index in [4.69, 9.17) is 4.52 Å². The van der Waals surface area contributed by atoms with Crippen LogP contribution in [0.5, 0.6) is 0 Å². The number of amides is 1. The van der Waals surface area contributed by atoms with Crippen LogP contribution in [-0.2, 0) is 5.54 Å². The van der Waals surface area contributed by atoms with Gasteiger partial charge in [-0.15, -0.1) is 0 Å². The zero-order valence-corrected chi connectivity index (χ0v) is 13.3. The van der Waals surface area contributed by atoms with E-state index in [2.05, 4.69) is 20.4 Å². The molecule has 0 spiro atoms. The summed E-state index contributed by atoms with van der Waals surface area (Å²) in [5.41, 5.74) is -0.240. The number of carbonyl (C=O) groups excluding carboxylic acids is 1. The van der Waals surface area contributed by atoms with E-state index in [-0.39, 0.29) is 5.56 Å². The molecule has 0 atom stereocenters. The second-order valence-electron chi connectivity index (χ2n) is 6.12. The molecule has 2 aromatic rings. The molecule has 23 heavy (non-hydrogen) atoms. The van der Waals surface area contributed by atoms with Gasteiger partial charge in [-0.1, -0.05) is 24.4 Å². The lowest BCUT2D eigenvalue weighted by Crippen LogP contribution is -2.49. The van der Waals surface area contributed by atoms with Gasteiger partial charge in [-0.05, 0) is 31.9 Å². The smallest absolute Gasteiger partial charge is 0.260 e. The highest BCUT2D eigenvalue weighted by atomic mass is 16.5. The molecule has 1 aliphatic carbocycles. The Morgan fingerprint density at radius 2 is 2.00 bits per heavy atom. The monoisotopic (exact) mass is 316 g/mol. The molecule has 0 saturated heterocycles. The van der Waals surface area contributed by atoms with E-state index in [1.807, 2.05) is 0 Å². The van der Waals surface area contributed by atoms with Gasteiger partial charge in [0.2, 0.25) is 5.89 Å². The summed E-state index contributed by atoms with van der Waals surface area (Å²) in [4.78, 5) is 31.6. The molecule has 1 aliphatic rings. The Labute approximate surface area is 133 Å². The van der Waals surface area contributed by atoms with Gasteiger partial charge in [0, 0.05) is 12.6 Å². The Morgan fingerprint density at radius 1 is 1.26 bits per heavy atom. The molecule has 2 heterocycles. The Balaban J connectivity index is 1.92. The van der Waals surface area contributed by atoms with Crippen LogP contribution >= 0.6 is 0 Å². The van der Waals surface area contributed by atoms with Crippen LogP contribution in [0.3, 0.4) is 0 Å².